The van der Waals surface area contributed by atoms with E-state index in [2.05, 4.69) is 0 Å². The second-order valence-electron chi connectivity index (χ2n) is 10.6. The van der Waals surface area contributed by atoms with Crippen LogP contribution in [0, 0.1) is 23.7 Å². The van der Waals surface area contributed by atoms with Crippen LogP contribution < -0.4 is 40.9 Å². The van der Waals surface area contributed by atoms with Gasteiger partial charge in [0, 0.05) is 0 Å². The minimum atomic E-state index is -0.618. The Morgan fingerprint density at radius 1 is 0.366 bits per heavy atom. The van der Waals surface area contributed by atoms with Crippen LogP contribution in [0.2, 0.25) is 0 Å². The van der Waals surface area contributed by atoms with Crippen molar-refractivity contribution in [3.8, 4) is 0 Å². The van der Waals surface area contributed by atoms with E-state index in [1.54, 1.807) is 0 Å². The van der Waals surface area contributed by atoms with Crippen molar-refractivity contribution in [3.05, 3.63) is 0 Å². The monoisotopic (exact) mass is 628 g/mol. The summed E-state index contributed by atoms with van der Waals surface area (Å²) in [7, 11) is 0. The Labute approximate surface area is 274 Å². The second kappa shape index (κ2) is 38.4. The summed E-state index contributed by atoms with van der Waals surface area (Å²) in [4.78, 5) is 0. The van der Waals surface area contributed by atoms with Gasteiger partial charge in [0.05, 0.1) is 0 Å². The number of rotatable bonds is 20. The van der Waals surface area contributed by atoms with Crippen molar-refractivity contribution >= 4 is 0 Å². The fourth-order valence-corrected chi connectivity index (χ4v) is 4.03. The third kappa shape index (κ3) is 30.2. The van der Waals surface area contributed by atoms with Crippen LogP contribution in [0.3, 0.4) is 0 Å². The molecule has 41 heavy (non-hydrogen) atoms. The van der Waals surface area contributed by atoms with Crippen LogP contribution >= 0.6 is 0 Å². The van der Waals surface area contributed by atoms with Crippen LogP contribution in [0.25, 0.3) is 0 Å². The van der Waals surface area contributed by atoms with Gasteiger partial charge in [0.15, 0.2) is 0 Å². The van der Waals surface area contributed by atoms with Gasteiger partial charge in [-0.05, 0) is 0 Å². The summed E-state index contributed by atoms with van der Waals surface area (Å²) in [6.45, 7) is 14.7. The predicted octanol–water partition coefficient (Wildman–Crippen LogP) is 0.0551. The van der Waals surface area contributed by atoms with E-state index in [1.165, 1.54) is 0 Å². The zero-order valence-electron chi connectivity index (χ0n) is 31.7. The summed E-state index contributed by atoms with van der Waals surface area (Å²) in [6, 6.07) is 0. The van der Waals surface area contributed by atoms with Crippen LogP contribution in [0.15, 0.2) is 0 Å². The van der Waals surface area contributed by atoms with Crippen molar-refractivity contribution in [1.82, 2.24) is 0 Å². The molecule has 0 aliphatic heterocycles. The molecule has 0 amide bonds. The molecule has 0 aliphatic carbocycles. The van der Waals surface area contributed by atoms with Crippen LogP contribution in [0.4, 0.5) is 0 Å². The van der Waals surface area contributed by atoms with E-state index in [-0.39, 0.29) is 77.5 Å². The average Bonchev–Trinajstić information content (AvgIpc) is 2.93. The van der Waals surface area contributed by atoms with Crippen molar-refractivity contribution in [2.75, 3.05) is 26.4 Å². The van der Waals surface area contributed by atoms with Crippen molar-refractivity contribution in [1.29, 1.82) is 0 Å². The van der Waals surface area contributed by atoms with Gasteiger partial charge >= 0.3 is 27.4 Å². The molecule has 0 aliphatic rings. The van der Waals surface area contributed by atoms with Crippen LogP contribution in [-0.4, -0.2) is 50.8 Å². The Bertz CT molecular complexity index is 385. The van der Waals surface area contributed by atoms with Gasteiger partial charge in [-0.3, -0.25) is 0 Å². The number of hydrogen-bond acceptors (Lipinski definition) is 8. The maximum atomic E-state index is 11.1. The molecule has 0 aromatic heterocycles. The van der Waals surface area contributed by atoms with Crippen molar-refractivity contribution < 1.29 is 68.3 Å². The summed E-state index contributed by atoms with van der Waals surface area (Å²) in [5.74, 6) is -0.556. The molecule has 0 aromatic carbocycles. The molecule has 0 aromatic rings. The fraction of sp³-hybridized carbons (Fsp3) is 1.00. The van der Waals surface area contributed by atoms with Gasteiger partial charge < -0.3 is 40.9 Å². The quantitative estimate of drug-likeness (QED) is 0.169. The van der Waals surface area contributed by atoms with Gasteiger partial charge in [-0.15, -0.1) is 50.8 Å². The third-order valence-electron chi connectivity index (χ3n) is 7.35. The van der Waals surface area contributed by atoms with E-state index >= 15 is 0 Å². The van der Waals surface area contributed by atoms with E-state index in [4.69, 9.17) is 0 Å². The van der Waals surface area contributed by atoms with Crippen LogP contribution in [-0.2, 0) is 21.7 Å². The SMILES string of the molecule is CCCC([O-])C(CC)C[O-].CCCC([O-])C(CC)C[O-].CCCC([O-])C(CC)C[O-].CCCC([O-])C(CC)C[O-].[H+].[H+].[H+].[H+].[Ti+4]. The largest absolute Gasteiger partial charge is 4.00 e. The molecule has 9 heteroatoms. The molecule has 8 nitrogen and oxygen atoms in total. The molecular formula is C32H68O8Ti. The van der Waals surface area contributed by atoms with Gasteiger partial charge in [-0.25, -0.2) is 0 Å². The first-order valence-corrected chi connectivity index (χ1v) is 16.0. The Hall–Kier alpha value is 0.394. The Kier molecular flexibility index (Phi) is 47.8. The summed E-state index contributed by atoms with van der Waals surface area (Å²) in [5, 5.41) is 85.9. The van der Waals surface area contributed by atoms with E-state index < -0.39 is 24.4 Å². The first-order chi connectivity index (χ1) is 19.0. The molecule has 8 atom stereocenters. The molecule has 0 saturated heterocycles. The van der Waals surface area contributed by atoms with E-state index in [0.717, 1.165) is 51.4 Å². The molecular weight excluding hydrogens is 560 g/mol. The molecule has 0 bridgehead atoms. The minimum Gasteiger partial charge on any atom is -0.854 e. The van der Waals surface area contributed by atoms with Gasteiger partial charge in [-0.1, -0.05) is 156 Å². The van der Waals surface area contributed by atoms with Gasteiger partial charge in [0.1, 0.15) is 0 Å². The Morgan fingerprint density at radius 2 is 0.512 bits per heavy atom. The average molecular weight is 629 g/mol. The van der Waals surface area contributed by atoms with E-state index in [1.807, 2.05) is 55.4 Å². The topological polar surface area (TPSA) is 184 Å². The molecule has 0 rings (SSSR count). The summed E-state index contributed by atoms with van der Waals surface area (Å²) >= 11 is 0. The maximum absolute atomic E-state index is 11.1. The van der Waals surface area contributed by atoms with E-state index in [9.17, 15) is 40.9 Å². The zero-order chi connectivity index (χ0) is 31.9. The van der Waals surface area contributed by atoms with Crippen molar-refractivity contribution in [3.63, 3.8) is 0 Å². The number of hydrogen-bond donors (Lipinski definition) is 0. The third-order valence-corrected chi connectivity index (χ3v) is 7.35. The Balaban J connectivity index is -0.0000000529. The summed E-state index contributed by atoms with van der Waals surface area (Å²) in [6.07, 6.45) is 6.65. The smallest absolute Gasteiger partial charge is 0.854 e. The zero-order valence-corrected chi connectivity index (χ0v) is 29.3. The van der Waals surface area contributed by atoms with Crippen molar-refractivity contribution in [2.45, 2.75) is 157 Å². The Morgan fingerprint density at radius 3 is 0.585 bits per heavy atom. The van der Waals surface area contributed by atoms with Gasteiger partial charge in [-0.2, -0.15) is 0 Å². The molecule has 0 radical (unpaired) electrons. The van der Waals surface area contributed by atoms with Gasteiger partial charge in [0.2, 0.25) is 0 Å². The predicted molar refractivity (Wildman–Crippen MR) is 154 cm³/mol. The molecule has 248 valence electrons. The second-order valence-corrected chi connectivity index (χ2v) is 10.6. The van der Waals surface area contributed by atoms with Crippen LogP contribution in [0.5, 0.6) is 0 Å². The summed E-state index contributed by atoms with van der Waals surface area (Å²) in [5.41, 5.74) is 0. The molecule has 0 fully saturated rings. The standard InChI is InChI=1S/4C8H16O2.Ti/c4*1-3-5-8(10)7(4-2)6-9;/h4*7-8H,3-6H2,1-2H3;/q4*-2;+4/p+4. The maximum Gasteiger partial charge on any atom is 4.00 e. The molecule has 0 N–H and O–H groups in total. The molecule has 8 unspecified atom stereocenters. The summed E-state index contributed by atoms with van der Waals surface area (Å²) < 4.78 is 0. The molecule has 0 saturated carbocycles. The first-order valence-electron chi connectivity index (χ1n) is 16.0. The molecule has 0 heterocycles. The van der Waals surface area contributed by atoms with Gasteiger partial charge in [0.25, 0.3) is 0 Å². The fourth-order valence-electron chi connectivity index (χ4n) is 4.03. The first kappa shape index (κ1) is 51.0. The van der Waals surface area contributed by atoms with Crippen molar-refractivity contribution in [2.24, 2.45) is 23.7 Å². The molecule has 0 spiro atoms. The van der Waals surface area contributed by atoms with E-state index in [0.29, 0.717) is 25.7 Å². The minimum absolute atomic E-state index is 0. The normalized spacial score (nSPS) is 16.4. The van der Waals surface area contributed by atoms with Crippen LogP contribution in [0.1, 0.15) is 138 Å².